The molecule has 0 radical (unpaired) electrons. The van der Waals surface area contributed by atoms with Crippen molar-refractivity contribution in [3.63, 3.8) is 0 Å². The van der Waals surface area contributed by atoms with Gasteiger partial charge in [0, 0.05) is 16.0 Å². The Balaban J connectivity index is 1.89. The van der Waals surface area contributed by atoms with E-state index in [9.17, 15) is 9.59 Å². The fourth-order valence-electron chi connectivity index (χ4n) is 2.59. The summed E-state index contributed by atoms with van der Waals surface area (Å²) in [4.78, 5) is 23.8. The number of rotatable bonds is 2. The topological polar surface area (TPSA) is 67.4 Å². The van der Waals surface area contributed by atoms with E-state index in [4.69, 9.17) is 4.74 Å². The second-order valence-electron chi connectivity index (χ2n) is 5.05. The van der Waals surface area contributed by atoms with Gasteiger partial charge in [-0.1, -0.05) is 0 Å². The van der Waals surface area contributed by atoms with Crippen molar-refractivity contribution in [1.29, 1.82) is 0 Å². The van der Waals surface area contributed by atoms with E-state index in [1.54, 1.807) is 12.1 Å². The molecule has 2 heterocycles. The highest BCUT2D eigenvalue weighted by Crippen LogP contribution is 2.35. The lowest BCUT2D eigenvalue weighted by Crippen LogP contribution is -2.32. The van der Waals surface area contributed by atoms with Gasteiger partial charge in [0.2, 0.25) is 0 Å². The first-order chi connectivity index (χ1) is 9.65. The number of hydrogen-bond donors (Lipinski definition) is 2. The number of benzene rings is 1. The molecule has 1 aromatic carbocycles. The Labute approximate surface area is 125 Å². The van der Waals surface area contributed by atoms with E-state index in [-0.39, 0.29) is 24.2 Å². The number of carbonyl (C=O) groups is 2. The van der Waals surface area contributed by atoms with Crippen LogP contribution >= 0.6 is 15.9 Å². The summed E-state index contributed by atoms with van der Waals surface area (Å²) in [6.45, 7) is 1.76. The van der Waals surface area contributed by atoms with E-state index in [1.807, 2.05) is 0 Å². The van der Waals surface area contributed by atoms with Crippen LogP contribution in [0.1, 0.15) is 23.2 Å². The molecule has 2 aliphatic rings. The van der Waals surface area contributed by atoms with Gasteiger partial charge in [0.1, 0.15) is 5.75 Å². The second-order valence-corrected chi connectivity index (χ2v) is 5.91. The van der Waals surface area contributed by atoms with E-state index in [2.05, 4.69) is 26.6 Å². The lowest BCUT2D eigenvalue weighted by Gasteiger charge is -2.23. The monoisotopic (exact) mass is 338 g/mol. The SMILES string of the molecule is O=C1COc2cc(C(=O)C3CCNCC3)c(Br)cc2N1. The standard InChI is InChI=1S/C14H15BrN2O3/c15-10-6-11-12(20-7-13(18)17-11)5-9(10)14(19)8-1-3-16-4-2-8/h5-6,8,16H,1-4,7H2,(H,17,18). The van der Waals surface area contributed by atoms with E-state index in [0.29, 0.717) is 21.5 Å². The Kier molecular flexibility index (Phi) is 3.76. The van der Waals surface area contributed by atoms with Gasteiger partial charge in [-0.2, -0.15) is 0 Å². The molecule has 0 saturated carbocycles. The number of ether oxygens (including phenoxy) is 1. The third kappa shape index (κ3) is 2.58. The van der Waals surface area contributed by atoms with E-state index in [0.717, 1.165) is 25.9 Å². The van der Waals surface area contributed by atoms with Crippen LogP contribution in [0.25, 0.3) is 0 Å². The Morgan fingerprint density at radius 3 is 2.80 bits per heavy atom. The molecule has 0 aliphatic carbocycles. The van der Waals surface area contributed by atoms with Crippen molar-refractivity contribution in [2.24, 2.45) is 5.92 Å². The molecular weight excluding hydrogens is 324 g/mol. The van der Waals surface area contributed by atoms with E-state index >= 15 is 0 Å². The molecule has 6 heteroatoms. The van der Waals surface area contributed by atoms with Crippen LogP contribution in [0.2, 0.25) is 0 Å². The molecule has 0 unspecified atom stereocenters. The highest BCUT2D eigenvalue weighted by molar-refractivity contribution is 9.10. The van der Waals surface area contributed by atoms with Crippen LogP contribution in [0, 0.1) is 5.92 Å². The molecule has 0 atom stereocenters. The van der Waals surface area contributed by atoms with Gasteiger partial charge >= 0.3 is 0 Å². The van der Waals surface area contributed by atoms with Gasteiger partial charge in [0.05, 0.1) is 5.69 Å². The summed E-state index contributed by atoms with van der Waals surface area (Å²) in [6, 6.07) is 3.46. The Morgan fingerprint density at radius 1 is 1.30 bits per heavy atom. The molecule has 1 amide bonds. The highest BCUT2D eigenvalue weighted by atomic mass is 79.9. The molecule has 1 fully saturated rings. The summed E-state index contributed by atoms with van der Waals surface area (Å²) in [5.74, 6) is 0.581. The summed E-state index contributed by atoms with van der Waals surface area (Å²) in [7, 11) is 0. The number of anilines is 1. The maximum atomic E-state index is 12.6. The van der Waals surface area contributed by atoms with Crippen molar-refractivity contribution in [3.05, 3.63) is 22.2 Å². The fourth-order valence-corrected chi connectivity index (χ4v) is 3.13. The third-order valence-corrected chi connectivity index (χ3v) is 4.33. The number of carbonyl (C=O) groups excluding carboxylic acids is 2. The zero-order chi connectivity index (χ0) is 14.1. The smallest absolute Gasteiger partial charge is 0.262 e. The minimum absolute atomic E-state index is 0.00435. The van der Waals surface area contributed by atoms with Crippen molar-refractivity contribution in [3.8, 4) is 5.75 Å². The minimum Gasteiger partial charge on any atom is -0.482 e. The second kappa shape index (κ2) is 5.54. The number of amides is 1. The van der Waals surface area contributed by atoms with Crippen LogP contribution < -0.4 is 15.4 Å². The first-order valence-corrected chi connectivity index (χ1v) is 7.45. The summed E-state index contributed by atoms with van der Waals surface area (Å²) in [6.07, 6.45) is 1.72. The minimum atomic E-state index is -0.179. The van der Waals surface area contributed by atoms with Crippen molar-refractivity contribution in [1.82, 2.24) is 5.32 Å². The van der Waals surface area contributed by atoms with Crippen molar-refractivity contribution in [2.45, 2.75) is 12.8 Å². The van der Waals surface area contributed by atoms with Gasteiger partial charge in [0.15, 0.2) is 12.4 Å². The normalized spacial score (nSPS) is 18.9. The third-order valence-electron chi connectivity index (χ3n) is 3.68. The molecule has 0 aromatic heterocycles. The molecule has 106 valence electrons. The Hall–Kier alpha value is -1.40. The number of halogens is 1. The number of nitrogens with one attached hydrogen (secondary N) is 2. The quantitative estimate of drug-likeness (QED) is 0.809. The van der Waals surface area contributed by atoms with E-state index in [1.165, 1.54) is 0 Å². The molecule has 2 N–H and O–H groups in total. The van der Waals surface area contributed by atoms with Crippen molar-refractivity contribution >= 4 is 33.3 Å². The average molecular weight is 339 g/mol. The first-order valence-electron chi connectivity index (χ1n) is 6.66. The predicted octanol–water partition coefficient (Wildman–Crippen LogP) is 1.96. The number of Topliss-reactive ketones (excluding diaryl/α,β-unsaturated/α-hetero) is 1. The van der Waals surface area contributed by atoms with Gasteiger partial charge in [0.25, 0.3) is 5.91 Å². The van der Waals surface area contributed by atoms with Crippen LogP contribution in [0.3, 0.4) is 0 Å². The Bertz CT molecular complexity index is 568. The lowest BCUT2D eigenvalue weighted by atomic mass is 9.89. The number of piperidine rings is 1. The van der Waals surface area contributed by atoms with Crippen LogP contribution in [0.4, 0.5) is 5.69 Å². The molecule has 2 aliphatic heterocycles. The predicted molar refractivity (Wildman–Crippen MR) is 78.2 cm³/mol. The molecule has 5 nitrogen and oxygen atoms in total. The number of ketones is 1. The zero-order valence-electron chi connectivity index (χ0n) is 10.9. The summed E-state index contributed by atoms with van der Waals surface area (Å²) in [5, 5.41) is 5.99. The van der Waals surface area contributed by atoms with Crippen LogP contribution in [0.15, 0.2) is 16.6 Å². The zero-order valence-corrected chi connectivity index (χ0v) is 12.5. The maximum absolute atomic E-state index is 12.6. The van der Waals surface area contributed by atoms with Gasteiger partial charge in [-0.25, -0.2) is 0 Å². The molecule has 0 bridgehead atoms. The number of fused-ring (bicyclic) bond motifs is 1. The van der Waals surface area contributed by atoms with Gasteiger partial charge in [-0.05, 0) is 54.0 Å². The summed E-state index contributed by atoms with van der Waals surface area (Å²) < 4.78 is 6.07. The van der Waals surface area contributed by atoms with E-state index < -0.39 is 0 Å². The highest BCUT2D eigenvalue weighted by Gasteiger charge is 2.26. The van der Waals surface area contributed by atoms with Gasteiger partial charge in [-0.3, -0.25) is 9.59 Å². The summed E-state index contributed by atoms with van der Waals surface area (Å²) in [5.41, 5.74) is 1.24. The maximum Gasteiger partial charge on any atom is 0.262 e. The van der Waals surface area contributed by atoms with Crippen molar-refractivity contribution in [2.75, 3.05) is 25.0 Å². The molecule has 20 heavy (non-hydrogen) atoms. The fraction of sp³-hybridized carbons (Fsp3) is 0.429. The van der Waals surface area contributed by atoms with Crippen LogP contribution in [0.5, 0.6) is 5.75 Å². The van der Waals surface area contributed by atoms with Crippen molar-refractivity contribution < 1.29 is 14.3 Å². The largest absolute Gasteiger partial charge is 0.482 e. The number of hydrogen-bond acceptors (Lipinski definition) is 4. The van der Waals surface area contributed by atoms with Crippen LogP contribution in [-0.4, -0.2) is 31.4 Å². The lowest BCUT2D eigenvalue weighted by molar-refractivity contribution is -0.118. The summed E-state index contributed by atoms with van der Waals surface area (Å²) >= 11 is 3.42. The van der Waals surface area contributed by atoms with Gasteiger partial charge < -0.3 is 15.4 Å². The Morgan fingerprint density at radius 2 is 2.05 bits per heavy atom. The molecule has 1 aromatic rings. The average Bonchev–Trinajstić information content (AvgIpc) is 2.46. The van der Waals surface area contributed by atoms with Crippen LogP contribution in [-0.2, 0) is 4.79 Å². The van der Waals surface area contributed by atoms with Gasteiger partial charge in [-0.15, -0.1) is 0 Å². The molecule has 1 saturated heterocycles. The first kappa shape index (κ1) is 13.6. The molecular formula is C14H15BrN2O3. The molecule has 3 rings (SSSR count). The molecule has 0 spiro atoms.